The van der Waals surface area contributed by atoms with E-state index in [0.717, 1.165) is 34.4 Å². The molecule has 0 atom stereocenters. The number of aromatic nitrogens is 3. The third kappa shape index (κ3) is 5.78. The molecule has 1 saturated heterocycles. The van der Waals surface area contributed by atoms with Crippen molar-refractivity contribution in [2.75, 3.05) is 36.5 Å². The summed E-state index contributed by atoms with van der Waals surface area (Å²) in [5, 5.41) is 21.1. The highest BCUT2D eigenvalue weighted by Gasteiger charge is 2.17. The molecule has 2 aromatic heterocycles. The molecule has 2 aromatic carbocycles. The maximum Gasteiger partial charge on any atom is 0.270 e. The van der Waals surface area contributed by atoms with Crippen molar-refractivity contribution in [3.05, 3.63) is 84.6 Å². The molecule has 1 fully saturated rings. The van der Waals surface area contributed by atoms with Crippen LogP contribution in [0.4, 0.5) is 27.5 Å². The van der Waals surface area contributed by atoms with Crippen LogP contribution in [0.15, 0.2) is 83.3 Å². The summed E-state index contributed by atoms with van der Waals surface area (Å²) in [6, 6.07) is 18.8. The maximum atomic E-state index is 14.1. The fourth-order valence-corrected chi connectivity index (χ4v) is 3.76. The van der Waals surface area contributed by atoms with Crippen molar-refractivity contribution in [1.82, 2.24) is 15.0 Å². The zero-order valence-electron chi connectivity index (χ0n) is 19.4. The number of morpholine rings is 1. The summed E-state index contributed by atoms with van der Waals surface area (Å²) in [6.45, 7) is 2.43. The number of anilines is 3. The highest BCUT2D eigenvalue weighted by molar-refractivity contribution is 5.69. The molecule has 0 amide bonds. The number of rotatable bonds is 7. The Morgan fingerprint density at radius 3 is 2.50 bits per heavy atom. The van der Waals surface area contributed by atoms with Crippen LogP contribution < -0.4 is 10.2 Å². The van der Waals surface area contributed by atoms with E-state index in [1.165, 1.54) is 0 Å². The Balaban J connectivity index is 1.18. The minimum absolute atomic E-state index is 0.102. The molecule has 1 aliphatic heterocycles. The second-order valence-corrected chi connectivity index (χ2v) is 8.13. The van der Waals surface area contributed by atoms with Crippen molar-refractivity contribution < 1.29 is 14.2 Å². The Morgan fingerprint density at radius 1 is 0.944 bits per heavy atom. The largest absolute Gasteiger partial charge is 0.508 e. The summed E-state index contributed by atoms with van der Waals surface area (Å²) in [7, 11) is 0. The zero-order valence-corrected chi connectivity index (χ0v) is 19.4. The van der Waals surface area contributed by atoms with Gasteiger partial charge in [0, 0.05) is 18.8 Å². The van der Waals surface area contributed by atoms with Crippen LogP contribution in [0.2, 0.25) is 0 Å². The SMILES string of the molecule is Oc1cccc(-c2ccc(Nc3ccc(CN=Nc4ncc(F)c(N5CCOCC5)n4)nc3)cc2)c1. The Labute approximate surface area is 207 Å². The molecule has 36 heavy (non-hydrogen) atoms. The molecule has 5 rings (SSSR count). The molecule has 0 aliphatic carbocycles. The Kier molecular flexibility index (Phi) is 7.04. The number of halogens is 1. The van der Waals surface area contributed by atoms with Gasteiger partial charge in [-0.2, -0.15) is 10.1 Å². The quantitative estimate of drug-likeness (QED) is 0.344. The smallest absolute Gasteiger partial charge is 0.270 e. The number of aromatic hydroxyl groups is 1. The van der Waals surface area contributed by atoms with Gasteiger partial charge in [-0.25, -0.2) is 9.37 Å². The van der Waals surface area contributed by atoms with Gasteiger partial charge >= 0.3 is 0 Å². The fourth-order valence-electron chi connectivity index (χ4n) is 3.76. The van der Waals surface area contributed by atoms with E-state index in [0.29, 0.717) is 26.3 Å². The maximum absolute atomic E-state index is 14.1. The fraction of sp³-hybridized carbons (Fsp3) is 0.192. The first kappa shape index (κ1) is 23.3. The number of nitrogens with one attached hydrogen (secondary N) is 1. The van der Waals surface area contributed by atoms with E-state index in [1.54, 1.807) is 18.3 Å². The van der Waals surface area contributed by atoms with E-state index in [4.69, 9.17) is 4.74 Å². The second kappa shape index (κ2) is 10.9. The van der Waals surface area contributed by atoms with Crippen LogP contribution >= 0.6 is 0 Å². The van der Waals surface area contributed by atoms with Gasteiger partial charge in [-0.05, 0) is 47.5 Å². The molecule has 2 N–H and O–H groups in total. The highest BCUT2D eigenvalue weighted by Crippen LogP contribution is 2.26. The summed E-state index contributed by atoms with van der Waals surface area (Å²) in [5.74, 6) is 0.0639. The predicted octanol–water partition coefficient (Wildman–Crippen LogP) is 5.25. The van der Waals surface area contributed by atoms with Crippen LogP contribution in [-0.2, 0) is 11.3 Å². The molecule has 0 unspecified atom stereocenters. The number of pyridine rings is 1. The molecule has 0 bridgehead atoms. The number of phenols is 1. The number of azo groups is 1. The summed E-state index contributed by atoms with van der Waals surface area (Å²) in [6.07, 6.45) is 2.83. The van der Waals surface area contributed by atoms with Crippen molar-refractivity contribution in [1.29, 1.82) is 0 Å². The normalized spacial score (nSPS) is 13.8. The molecule has 0 radical (unpaired) electrons. The molecule has 4 aromatic rings. The minimum atomic E-state index is -0.491. The molecule has 1 aliphatic rings. The summed E-state index contributed by atoms with van der Waals surface area (Å²) < 4.78 is 19.4. The molecule has 182 valence electrons. The van der Waals surface area contributed by atoms with Crippen LogP contribution in [0, 0.1) is 5.82 Å². The first-order chi connectivity index (χ1) is 17.6. The standard InChI is InChI=1S/C26H24FN7O2/c27-24-17-29-26(32-25(24)34-10-12-36-13-11-34)33-30-16-21-8-9-22(15-28-21)31-20-6-4-18(5-7-20)19-2-1-3-23(35)14-19/h1-9,14-15,17,31,35H,10-13,16H2. The van der Waals surface area contributed by atoms with E-state index >= 15 is 0 Å². The van der Waals surface area contributed by atoms with Crippen molar-refractivity contribution >= 4 is 23.1 Å². The third-order valence-corrected chi connectivity index (χ3v) is 5.59. The lowest BCUT2D eigenvalue weighted by atomic mass is 10.1. The number of nitrogens with zero attached hydrogens (tertiary/aromatic N) is 6. The lowest BCUT2D eigenvalue weighted by Gasteiger charge is -2.27. The molecule has 0 saturated carbocycles. The predicted molar refractivity (Wildman–Crippen MR) is 134 cm³/mol. The lowest BCUT2D eigenvalue weighted by molar-refractivity contribution is 0.122. The van der Waals surface area contributed by atoms with Gasteiger partial charge in [0.2, 0.25) is 0 Å². The molecular weight excluding hydrogens is 461 g/mol. The molecule has 9 nitrogen and oxygen atoms in total. The topological polar surface area (TPSA) is 108 Å². The van der Waals surface area contributed by atoms with Crippen LogP contribution in [0.3, 0.4) is 0 Å². The third-order valence-electron chi connectivity index (χ3n) is 5.59. The highest BCUT2D eigenvalue weighted by atomic mass is 19.1. The van der Waals surface area contributed by atoms with Gasteiger partial charge in [0.15, 0.2) is 11.6 Å². The minimum Gasteiger partial charge on any atom is -0.508 e. The average molecular weight is 486 g/mol. The van der Waals surface area contributed by atoms with Crippen molar-refractivity contribution in [2.45, 2.75) is 6.54 Å². The monoisotopic (exact) mass is 485 g/mol. The average Bonchev–Trinajstić information content (AvgIpc) is 2.91. The Morgan fingerprint density at radius 2 is 1.75 bits per heavy atom. The summed E-state index contributed by atoms with van der Waals surface area (Å²) in [4.78, 5) is 14.3. The second-order valence-electron chi connectivity index (χ2n) is 8.13. The van der Waals surface area contributed by atoms with Crippen LogP contribution in [-0.4, -0.2) is 46.4 Å². The summed E-state index contributed by atoms with van der Waals surface area (Å²) >= 11 is 0. The van der Waals surface area contributed by atoms with E-state index < -0.39 is 5.82 Å². The number of hydrogen-bond acceptors (Lipinski definition) is 9. The number of hydrogen-bond donors (Lipinski definition) is 2. The van der Waals surface area contributed by atoms with Gasteiger partial charge in [0.1, 0.15) is 12.3 Å². The first-order valence-electron chi connectivity index (χ1n) is 11.5. The van der Waals surface area contributed by atoms with Gasteiger partial charge < -0.3 is 20.1 Å². The van der Waals surface area contributed by atoms with Gasteiger partial charge in [0.05, 0.1) is 37.0 Å². The molecule has 10 heteroatoms. The van der Waals surface area contributed by atoms with Crippen molar-refractivity contribution in [2.24, 2.45) is 10.2 Å². The van der Waals surface area contributed by atoms with E-state index in [2.05, 4.69) is 30.5 Å². The van der Waals surface area contributed by atoms with Crippen molar-refractivity contribution in [3.63, 3.8) is 0 Å². The lowest BCUT2D eigenvalue weighted by Crippen LogP contribution is -2.37. The Hall–Kier alpha value is -4.44. The Bertz CT molecular complexity index is 1340. The molecular formula is C26H24FN7O2. The van der Waals surface area contributed by atoms with E-state index in [1.807, 2.05) is 53.4 Å². The first-order valence-corrected chi connectivity index (χ1v) is 11.5. The van der Waals surface area contributed by atoms with Crippen LogP contribution in [0.5, 0.6) is 5.75 Å². The molecule has 3 heterocycles. The van der Waals surface area contributed by atoms with Crippen LogP contribution in [0.25, 0.3) is 11.1 Å². The molecule has 0 spiro atoms. The van der Waals surface area contributed by atoms with E-state index in [-0.39, 0.29) is 24.1 Å². The van der Waals surface area contributed by atoms with Crippen LogP contribution in [0.1, 0.15) is 5.69 Å². The van der Waals surface area contributed by atoms with Gasteiger partial charge in [-0.15, -0.1) is 5.11 Å². The van der Waals surface area contributed by atoms with Gasteiger partial charge in [0.25, 0.3) is 5.95 Å². The van der Waals surface area contributed by atoms with Crippen molar-refractivity contribution in [3.8, 4) is 16.9 Å². The zero-order chi connectivity index (χ0) is 24.7. The van der Waals surface area contributed by atoms with Gasteiger partial charge in [-0.3, -0.25) is 4.98 Å². The number of benzene rings is 2. The number of phenolic OH excluding ortho intramolecular Hbond substituents is 1. The van der Waals surface area contributed by atoms with E-state index in [9.17, 15) is 9.50 Å². The van der Waals surface area contributed by atoms with Gasteiger partial charge in [-0.1, -0.05) is 24.3 Å². The number of ether oxygens (including phenoxy) is 1. The summed E-state index contributed by atoms with van der Waals surface area (Å²) in [5.41, 5.74) is 4.43.